The maximum atomic E-state index is 12.7. The predicted octanol–water partition coefficient (Wildman–Crippen LogP) is 6.99. The summed E-state index contributed by atoms with van der Waals surface area (Å²) in [5.41, 5.74) is 18.2. The molecule has 0 radical (unpaired) electrons. The van der Waals surface area contributed by atoms with Gasteiger partial charge < -0.3 is 26.8 Å². The number of fused-ring (bicyclic) bond motifs is 12. The molecule has 113 heavy (non-hydrogen) atoms. The Morgan fingerprint density at radius 2 is 0.726 bits per heavy atom. The van der Waals surface area contributed by atoms with Crippen molar-refractivity contribution in [2.75, 3.05) is 0 Å². The largest absolute Gasteiger partial charge is 0.475 e. The van der Waals surface area contributed by atoms with E-state index in [2.05, 4.69) is 109 Å². The SMILES string of the molecule is N[C@@H]1C(=O)Cc2ncccc2[C@@H]2CC12.O=C(N[C@@H]1C(=O)Cc2ncccc2[C@@H]2CC12)c1n[nH]c(Cc2ccccc2)n1.O=C(N[C@@H]1C(=O)Cc2ncccc2[C@@H]2C[C@H]12)c1n[nH]c(Cc2ccccc2)n1.O=C(N[C@H]1C(=O)Cc2ncccc2[C@H]2C[C@H]21)c1n[nH]c(CC2=CC=[C+]C=C2)n1.O=C(O)c1n[nH]c(Cc2ccccc2)n1. The molecule has 0 saturated heterocycles. The number of benzene rings is 3. The van der Waals surface area contributed by atoms with Gasteiger partial charge in [-0.3, -0.25) is 73.9 Å². The van der Waals surface area contributed by atoms with Gasteiger partial charge in [-0.05, 0) is 136 Å². The van der Waals surface area contributed by atoms with E-state index in [-0.39, 0.29) is 95.4 Å². The maximum absolute atomic E-state index is 12.7. The molecule has 0 aliphatic heterocycles. The molecule has 20 rings (SSSR count). The van der Waals surface area contributed by atoms with Crippen LogP contribution in [0, 0.1) is 29.7 Å². The quantitative estimate of drug-likeness (QED) is 0.0467. The predicted molar refractivity (Wildman–Crippen MR) is 406 cm³/mol. The van der Waals surface area contributed by atoms with E-state index in [0.717, 1.165) is 87.4 Å². The van der Waals surface area contributed by atoms with Crippen molar-refractivity contribution in [2.45, 2.75) is 125 Å². The number of hydrogen-bond donors (Lipinski definition) is 9. The lowest BCUT2D eigenvalue weighted by atomic mass is 10.1. The number of pyridine rings is 4. The molecule has 9 aliphatic carbocycles. The van der Waals surface area contributed by atoms with Crippen molar-refractivity contribution >= 4 is 46.8 Å². The standard InChI is InChI=1S/2C21H19N5O2.C21H17N5O2.C11H12N2O.C10H9N3O2/c3*27-17-11-16-13(7-4-8-22-16)14-10-15(14)19(17)24-21(28)20-23-18(25-26-20)9-12-5-2-1-3-6-12;12-11-8-4-7(8)6-2-1-3-13-9(6)5-10(11)14;14-10(15)9-11-8(12-13-9)6-7-4-2-1-3-5-7/h2*1-8,14-15,19H,9-11H2,(H,24,28)(H,23,25,26);2-8,14-15,19H,9-11H2,(H-,23,24,25,26,28);1-3,7-8,11H,4-5,12H2;1-5H,6H2,(H,14,15)(H,11,12,13)/p+1/t14-,15?,19-;2*14-,15-,19-;7-,8?,11-;/m0010./s1. The van der Waals surface area contributed by atoms with E-state index >= 15 is 0 Å². The Labute approximate surface area is 646 Å². The van der Waals surface area contributed by atoms with Crippen LogP contribution >= 0.6 is 0 Å². The highest BCUT2D eigenvalue weighted by molar-refractivity contribution is 5.99. The number of nitrogens with one attached hydrogen (secondary N) is 7. The fourth-order valence-corrected chi connectivity index (χ4v) is 15.8. The Kier molecular flexibility index (Phi) is 21.2. The van der Waals surface area contributed by atoms with Gasteiger partial charge in [0.1, 0.15) is 35.4 Å². The lowest BCUT2D eigenvalue weighted by Crippen LogP contribution is -2.43. The van der Waals surface area contributed by atoms with Gasteiger partial charge in [-0.2, -0.15) is 0 Å². The number of aromatic nitrogens is 16. The van der Waals surface area contributed by atoms with Crippen molar-refractivity contribution in [3.05, 3.63) is 309 Å². The highest BCUT2D eigenvalue weighted by atomic mass is 16.4. The first-order chi connectivity index (χ1) is 55.1. The van der Waals surface area contributed by atoms with Gasteiger partial charge in [0.05, 0.1) is 96.8 Å². The molecule has 12 atom stereocenters. The second-order valence-electron chi connectivity index (χ2n) is 29.4. The lowest BCUT2D eigenvalue weighted by Gasteiger charge is -2.14. The zero-order valence-corrected chi connectivity index (χ0v) is 61.0. The molecular formula is C84H77N20O9+. The molecule has 29 nitrogen and oxygen atoms in total. The van der Waals surface area contributed by atoms with Crippen LogP contribution in [0.5, 0.6) is 0 Å². The highest BCUT2D eigenvalue weighted by Gasteiger charge is 2.54. The molecule has 29 heteroatoms. The molecule has 11 aromatic rings. The van der Waals surface area contributed by atoms with Crippen LogP contribution in [0.1, 0.15) is 177 Å². The van der Waals surface area contributed by atoms with Gasteiger partial charge in [-0.1, -0.05) is 115 Å². The molecule has 8 heterocycles. The number of carboxylic acid groups (broad SMARTS) is 1. The van der Waals surface area contributed by atoms with Crippen LogP contribution in [0.25, 0.3) is 0 Å². The lowest BCUT2D eigenvalue weighted by molar-refractivity contribution is -0.121. The van der Waals surface area contributed by atoms with Crippen molar-refractivity contribution in [3.8, 4) is 0 Å². The number of H-pyrrole nitrogens is 4. The molecule has 2 unspecified atom stereocenters. The van der Waals surface area contributed by atoms with Crippen LogP contribution in [0.4, 0.5) is 0 Å². The molecule has 9 aliphatic rings. The molecule has 0 bridgehead atoms. The molecule has 3 amide bonds. The van der Waals surface area contributed by atoms with Gasteiger partial charge >= 0.3 is 5.97 Å². The Hall–Kier alpha value is -13.5. The number of aromatic carboxylic acids is 1. The van der Waals surface area contributed by atoms with E-state index < -0.39 is 41.8 Å². The Bertz CT molecular complexity index is 5350. The minimum absolute atomic E-state index is 0.00153. The monoisotopic (exact) mass is 1510 g/mol. The van der Waals surface area contributed by atoms with E-state index in [1.807, 2.05) is 158 Å². The van der Waals surface area contributed by atoms with Crippen LogP contribution in [-0.4, -0.2) is 157 Å². The second kappa shape index (κ2) is 32.6. The van der Waals surface area contributed by atoms with Gasteiger partial charge in [0.2, 0.25) is 17.5 Å². The third-order valence-corrected chi connectivity index (χ3v) is 21.8. The first-order valence-electron chi connectivity index (χ1n) is 37.6. The maximum Gasteiger partial charge on any atom is 0.375 e. The number of carboxylic acids is 1. The number of aromatic amines is 4. The summed E-state index contributed by atoms with van der Waals surface area (Å²) in [4.78, 5) is 132. The summed E-state index contributed by atoms with van der Waals surface area (Å²) in [5, 5.41) is 43.9. The number of carbonyl (C=O) groups excluding carboxylic acids is 7. The zero-order chi connectivity index (χ0) is 77.6. The number of allylic oxidation sites excluding steroid dienone is 6. The fourth-order valence-electron chi connectivity index (χ4n) is 15.8. The molecular weight excluding hydrogens is 1430 g/mol. The minimum atomic E-state index is -1.12. The molecule has 0 spiro atoms. The number of ketones is 4. The average Bonchev–Trinajstić information content (AvgIpc) is 1.61. The van der Waals surface area contributed by atoms with Gasteiger partial charge in [0.15, 0.2) is 23.1 Å². The van der Waals surface area contributed by atoms with Gasteiger partial charge in [-0.25, -0.2) is 24.7 Å². The summed E-state index contributed by atoms with van der Waals surface area (Å²) < 4.78 is 0. The number of nitrogens with two attached hydrogens (primary N) is 1. The van der Waals surface area contributed by atoms with E-state index in [0.29, 0.717) is 79.1 Å². The molecule has 4 saturated carbocycles. The number of rotatable bonds is 15. The Morgan fingerprint density at radius 3 is 1.06 bits per heavy atom. The molecule has 10 N–H and O–H groups in total. The third kappa shape index (κ3) is 17.3. The first kappa shape index (κ1) is 73.6. The van der Waals surface area contributed by atoms with Crippen molar-refractivity contribution in [1.29, 1.82) is 0 Å². The average molecular weight is 1510 g/mol. The summed E-state index contributed by atoms with van der Waals surface area (Å²) in [5.74, 6) is 2.28. The van der Waals surface area contributed by atoms with E-state index in [4.69, 9.17) is 10.8 Å². The summed E-state index contributed by atoms with van der Waals surface area (Å²) in [6.07, 6.45) is 24.5. The number of nitrogens with zero attached hydrogens (tertiary/aromatic N) is 12. The molecule has 566 valence electrons. The number of Topliss-reactive ketones (excluding diaryl/α,β-unsaturated/α-hetero) is 4. The van der Waals surface area contributed by atoms with Crippen LogP contribution in [0.2, 0.25) is 0 Å². The van der Waals surface area contributed by atoms with Gasteiger partial charge in [-0.15, -0.1) is 20.4 Å². The normalized spacial score (nSPS) is 22.9. The molecule has 3 aromatic carbocycles. The Balaban J connectivity index is 0.000000109. The van der Waals surface area contributed by atoms with Gasteiger partial charge in [0, 0.05) is 50.1 Å². The van der Waals surface area contributed by atoms with Crippen molar-refractivity contribution in [3.63, 3.8) is 0 Å². The van der Waals surface area contributed by atoms with Gasteiger partial charge in [0.25, 0.3) is 23.5 Å². The van der Waals surface area contributed by atoms with Crippen molar-refractivity contribution in [2.24, 2.45) is 29.4 Å². The zero-order valence-electron chi connectivity index (χ0n) is 61.0. The van der Waals surface area contributed by atoms with Crippen molar-refractivity contribution in [1.82, 2.24) is 96.6 Å². The smallest absolute Gasteiger partial charge is 0.375 e. The fraction of sp³-hybridized carbons (Fsp3) is 0.286. The topological polar surface area (TPSA) is 437 Å². The van der Waals surface area contributed by atoms with Crippen molar-refractivity contribution < 1.29 is 43.5 Å². The van der Waals surface area contributed by atoms with E-state index in [1.54, 1.807) is 24.8 Å². The summed E-state index contributed by atoms with van der Waals surface area (Å²) in [6.45, 7) is 0. The van der Waals surface area contributed by atoms with E-state index in [1.165, 1.54) is 5.56 Å². The number of carbonyl (C=O) groups is 8. The van der Waals surface area contributed by atoms with Crippen LogP contribution in [0.3, 0.4) is 0 Å². The Morgan fingerprint density at radius 1 is 0.407 bits per heavy atom. The van der Waals surface area contributed by atoms with Crippen LogP contribution in [-0.2, 0) is 70.5 Å². The van der Waals surface area contributed by atoms with E-state index in [9.17, 15) is 38.4 Å². The second-order valence-corrected chi connectivity index (χ2v) is 29.4. The third-order valence-electron chi connectivity index (χ3n) is 21.8. The molecule has 8 aromatic heterocycles. The molecule has 4 fully saturated rings. The number of hydrogen-bond acceptors (Lipinski definition) is 21. The first-order valence-corrected chi connectivity index (χ1v) is 37.6. The summed E-state index contributed by atoms with van der Waals surface area (Å²) in [7, 11) is 0. The number of amides is 3. The minimum Gasteiger partial charge on any atom is -0.475 e. The highest BCUT2D eigenvalue weighted by Crippen LogP contribution is 2.55. The summed E-state index contributed by atoms with van der Waals surface area (Å²) in [6, 6.07) is 43.4. The van der Waals surface area contributed by atoms with Crippen LogP contribution < -0.4 is 21.7 Å². The van der Waals surface area contributed by atoms with Crippen LogP contribution in [0.15, 0.2) is 194 Å². The summed E-state index contributed by atoms with van der Waals surface area (Å²) >= 11 is 0.